The minimum absolute atomic E-state index is 0.000273. The molecule has 0 saturated carbocycles. The molecule has 0 radical (unpaired) electrons. The Morgan fingerprint density at radius 2 is 2.24 bits per heavy atom. The van der Waals surface area contributed by atoms with E-state index in [9.17, 15) is 4.79 Å². The van der Waals surface area contributed by atoms with Crippen LogP contribution in [-0.4, -0.2) is 53.7 Å². The smallest absolute Gasteiger partial charge is 0.248 e. The van der Waals surface area contributed by atoms with Crippen LogP contribution in [0.2, 0.25) is 0 Å². The number of benzene rings is 1. The second-order valence-electron chi connectivity index (χ2n) is 7.23. The lowest BCUT2D eigenvalue weighted by Gasteiger charge is -2.31. The highest BCUT2D eigenvalue weighted by molar-refractivity contribution is 5.78. The number of nitrogens with zero attached hydrogens (tertiary/aromatic N) is 5. The lowest BCUT2D eigenvalue weighted by Crippen LogP contribution is -2.40. The summed E-state index contributed by atoms with van der Waals surface area (Å²) in [5, 5.41) is 4.26. The van der Waals surface area contributed by atoms with E-state index in [1.165, 1.54) is 0 Å². The van der Waals surface area contributed by atoms with Gasteiger partial charge in [0.25, 0.3) is 0 Å². The normalized spacial score (nSPS) is 16.3. The van der Waals surface area contributed by atoms with Crippen LogP contribution in [-0.2, 0) is 29.7 Å². The minimum atomic E-state index is -0.0600. The Hall–Kier alpha value is -3.46. The van der Waals surface area contributed by atoms with Gasteiger partial charge in [0.15, 0.2) is 0 Å². The van der Waals surface area contributed by atoms with Gasteiger partial charge in [0.05, 0.1) is 41.5 Å². The van der Waals surface area contributed by atoms with Crippen LogP contribution in [0.15, 0.2) is 43.0 Å². The third kappa shape index (κ3) is 3.40. The molecule has 5 rings (SSSR count). The van der Waals surface area contributed by atoms with E-state index in [1.807, 2.05) is 43.7 Å². The van der Waals surface area contributed by atoms with Gasteiger partial charge in [0.2, 0.25) is 5.91 Å². The number of para-hydroxylation sites is 2. The van der Waals surface area contributed by atoms with Gasteiger partial charge in [-0.1, -0.05) is 12.1 Å². The number of aryl methyl sites for hydroxylation is 1. The van der Waals surface area contributed by atoms with Gasteiger partial charge < -0.3 is 19.6 Å². The average molecular weight is 391 g/mol. The van der Waals surface area contributed by atoms with Gasteiger partial charge in [-0.2, -0.15) is 5.10 Å². The molecule has 2 N–H and O–H groups in total. The molecule has 0 aliphatic carbocycles. The van der Waals surface area contributed by atoms with Crippen LogP contribution >= 0.6 is 0 Å². The zero-order valence-corrected chi connectivity index (χ0v) is 16.0. The zero-order valence-electron chi connectivity index (χ0n) is 16.0. The summed E-state index contributed by atoms with van der Waals surface area (Å²) in [6.07, 6.45) is 5.48. The van der Waals surface area contributed by atoms with Gasteiger partial charge >= 0.3 is 0 Å². The van der Waals surface area contributed by atoms with Gasteiger partial charge in [0.1, 0.15) is 19.0 Å². The summed E-state index contributed by atoms with van der Waals surface area (Å²) in [6.45, 7) is 1.31. The molecule has 1 aliphatic heterocycles. The SMILES string of the molecule is Cn1cc(C2CN(C(=O)COCc3nc4ccccc4[nH]3)Cc3[nH]cnc32)cn1. The van der Waals surface area contributed by atoms with Gasteiger partial charge in [-0.25, -0.2) is 9.97 Å². The second kappa shape index (κ2) is 7.17. The number of hydrogen-bond donors (Lipinski definition) is 2. The van der Waals surface area contributed by atoms with Crippen LogP contribution in [0.25, 0.3) is 11.0 Å². The lowest BCUT2D eigenvalue weighted by molar-refractivity contribution is -0.137. The number of H-pyrrole nitrogens is 2. The highest BCUT2D eigenvalue weighted by Crippen LogP contribution is 2.31. The Bertz CT molecular complexity index is 1130. The van der Waals surface area contributed by atoms with E-state index in [2.05, 4.69) is 25.0 Å². The van der Waals surface area contributed by atoms with E-state index in [0.29, 0.717) is 18.9 Å². The predicted molar refractivity (Wildman–Crippen MR) is 105 cm³/mol. The van der Waals surface area contributed by atoms with Crippen molar-refractivity contribution in [3.8, 4) is 0 Å². The highest BCUT2D eigenvalue weighted by atomic mass is 16.5. The highest BCUT2D eigenvalue weighted by Gasteiger charge is 2.32. The summed E-state index contributed by atoms with van der Waals surface area (Å²) in [7, 11) is 1.88. The lowest BCUT2D eigenvalue weighted by atomic mass is 9.93. The largest absolute Gasteiger partial charge is 0.364 e. The molecule has 0 saturated heterocycles. The molecular formula is C20H21N7O2. The fraction of sp³-hybridized carbons (Fsp3) is 0.300. The van der Waals surface area contributed by atoms with E-state index >= 15 is 0 Å². The average Bonchev–Trinajstić information content (AvgIpc) is 3.45. The number of amides is 1. The number of aromatic amines is 2. The number of ether oxygens (including phenoxy) is 1. The number of hydrogen-bond acceptors (Lipinski definition) is 5. The molecule has 4 heterocycles. The summed E-state index contributed by atoms with van der Waals surface area (Å²) in [5.41, 5.74) is 4.82. The van der Waals surface area contributed by atoms with Crippen LogP contribution in [0, 0.1) is 0 Å². The summed E-state index contributed by atoms with van der Waals surface area (Å²) >= 11 is 0. The molecule has 0 fully saturated rings. The molecule has 1 atom stereocenters. The molecule has 1 aliphatic rings. The molecule has 1 aromatic carbocycles. The Labute approximate surface area is 166 Å². The van der Waals surface area contributed by atoms with Gasteiger partial charge in [-0.15, -0.1) is 0 Å². The third-order valence-electron chi connectivity index (χ3n) is 5.22. The molecule has 9 heteroatoms. The maximum Gasteiger partial charge on any atom is 0.248 e. The summed E-state index contributed by atoms with van der Waals surface area (Å²) in [6, 6.07) is 7.80. The van der Waals surface area contributed by atoms with Gasteiger partial charge in [-0.05, 0) is 12.1 Å². The predicted octanol–water partition coefficient (Wildman–Crippen LogP) is 1.71. The number of rotatable bonds is 5. The molecule has 29 heavy (non-hydrogen) atoms. The van der Waals surface area contributed by atoms with Crippen LogP contribution in [0.5, 0.6) is 0 Å². The van der Waals surface area contributed by atoms with Crippen molar-refractivity contribution in [3.05, 3.63) is 65.8 Å². The first-order valence-corrected chi connectivity index (χ1v) is 9.47. The van der Waals surface area contributed by atoms with Crippen LogP contribution < -0.4 is 0 Å². The summed E-state index contributed by atoms with van der Waals surface area (Å²) < 4.78 is 7.41. The maximum absolute atomic E-state index is 12.8. The molecule has 0 bridgehead atoms. The number of carbonyl (C=O) groups excluding carboxylic acids is 1. The van der Waals surface area contributed by atoms with Gasteiger partial charge in [0, 0.05) is 31.3 Å². The minimum Gasteiger partial charge on any atom is -0.364 e. The quantitative estimate of drug-likeness (QED) is 0.539. The monoisotopic (exact) mass is 391 g/mol. The standard InChI is InChI=1S/C20H21N7O2/c1-26-7-13(6-23-26)14-8-27(9-17-20(14)22-12-21-17)19(28)11-29-10-18-24-15-4-2-3-5-16(15)25-18/h2-7,12,14H,8-11H2,1H3,(H,21,22)(H,24,25). The fourth-order valence-electron chi connectivity index (χ4n) is 3.79. The number of aromatic nitrogens is 6. The second-order valence-corrected chi connectivity index (χ2v) is 7.23. The van der Waals surface area contributed by atoms with Crippen molar-refractivity contribution >= 4 is 16.9 Å². The molecule has 1 unspecified atom stereocenters. The number of nitrogens with one attached hydrogen (secondary N) is 2. The Balaban J connectivity index is 1.25. The van der Waals surface area contributed by atoms with E-state index < -0.39 is 0 Å². The van der Waals surface area contributed by atoms with E-state index in [0.717, 1.165) is 28.0 Å². The Morgan fingerprint density at radius 1 is 1.34 bits per heavy atom. The van der Waals surface area contributed by atoms with Gasteiger partial charge in [-0.3, -0.25) is 9.48 Å². The molecular weight excluding hydrogens is 370 g/mol. The first-order chi connectivity index (χ1) is 14.2. The van der Waals surface area contributed by atoms with Crippen molar-refractivity contribution in [2.75, 3.05) is 13.2 Å². The first-order valence-electron chi connectivity index (χ1n) is 9.47. The van der Waals surface area contributed by atoms with Crippen LogP contribution in [0.1, 0.15) is 28.7 Å². The van der Waals surface area contributed by atoms with E-state index in [1.54, 1.807) is 15.9 Å². The number of imidazole rings is 2. The molecule has 148 valence electrons. The maximum atomic E-state index is 12.8. The summed E-state index contributed by atoms with van der Waals surface area (Å²) in [5.74, 6) is 0.648. The molecule has 0 spiro atoms. The van der Waals surface area contributed by atoms with Crippen molar-refractivity contribution < 1.29 is 9.53 Å². The van der Waals surface area contributed by atoms with Crippen molar-refractivity contribution in [3.63, 3.8) is 0 Å². The van der Waals surface area contributed by atoms with E-state index in [4.69, 9.17) is 4.74 Å². The van der Waals surface area contributed by atoms with Crippen molar-refractivity contribution in [1.29, 1.82) is 0 Å². The fourth-order valence-corrected chi connectivity index (χ4v) is 3.79. The van der Waals surface area contributed by atoms with Crippen LogP contribution in [0.4, 0.5) is 0 Å². The molecule has 9 nitrogen and oxygen atoms in total. The van der Waals surface area contributed by atoms with Crippen molar-refractivity contribution in [2.24, 2.45) is 7.05 Å². The Kier molecular flexibility index (Phi) is 4.36. The van der Waals surface area contributed by atoms with Crippen molar-refractivity contribution in [1.82, 2.24) is 34.6 Å². The molecule has 4 aromatic rings. The number of fused-ring (bicyclic) bond motifs is 2. The third-order valence-corrected chi connectivity index (χ3v) is 5.22. The Morgan fingerprint density at radius 3 is 3.07 bits per heavy atom. The van der Waals surface area contributed by atoms with E-state index in [-0.39, 0.29) is 25.0 Å². The van der Waals surface area contributed by atoms with Crippen LogP contribution in [0.3, 0.4) is 0 Å². The topological polar surface area (TPSA) is 105 Å². The zero-order chi connectivity index (χ0) is 19.8. The first kappa shape index (κ1) is 17.6. The molecule has 1 amide bonds. The van der Waals surface area contributed by atoms with Crippen molar-refractivity contribution in [2.45, 2.75) is 19.1 Å². The summed E-state index contributed by atoms with van der Waals surface area (Å²) in [4.78, 5) is 29.9. The number of carbonyl (C=O) groups is 1. The molecule has 3 aromatic heterocycles.